The van der Waals surface area contributed by atoms with Crippen LogP contribution in [0.1, 0.15) is 153 Å². The molecule has 4 aromatic heterocycles. The van der Waals surface area contributed by atoms with Crippen molar-refractivity contribution in [1.29, 1.82) is 0 Å². The highest BCUT2D eigenvalue weighted by Gasteiger charge is 2.27. The molecule has 44 heavy (non-hydrogen) atoms. The van der Waals surface area contributed by atoms with E-state index >= 15 is 0 Å². The van der Waals surface area contributed by atoms with Crippen LogP contribution in [0.4, 0.5) is 0 Å². The molecule has 0 amide bonds. The second-order valence-electron chi connectivity index (χ2n) is 12.7. The normalized spacial score (nSPS) is 11.6. The molecule has 4 aromatic rings. The topological polar surface area (TPSA) is 0 Å². The van der Waals surface area contributed by atoms with Crippen molar-refractivity contribution in [1.82, 2.24) is 0 Å². The Hall–Kier alpha value is -1.20. The van der Waals surface area contributed by atoms with Crippen molar-refractivity contribution >= 4 is 45.3 Å². The summed E-state index contributed by atoms with van der Waals surface area (Å²) >= 11 is 8.17. The van der Waals surface area contributed by atoms with Gasteiger partial charge in [-0.3, -0.25) is 0 Å². The molecular formula is C40H58S4. The lowest BCUT2D eigenvalue weighted by Gasteiger charge is -2.12. The van der Waals surface area contributed by atoms with Gasteiger partial charge in [-0.05, 0) is 108 Å². The summed E-state index contributed by atoms with van der Waals surface area (Å²) in [6.45, 7) is 9.30. The first-order valence-electron chi connectivity index (χ1n) is 18.1. The molecule has 0 unspecified atom stereocenters. The van der Waals surface area contributed by atoms with E-state index in [9.17, 15) is 0 Å². The second kappa shape index (κ2) is 20.1. The minimum atomic E-state index is 1.21. The lowest BCUT2D eigenvalue weighted by atomic mass is 9.94. The predicted octanol–water partition coefficient (Wildman–Crippen LogP) is 15.4. The van der Waals surface area contributed by atoms with Crippen molar-refractivity contribution in [2.75, 3.05) is 0 Å². The van der Waals surface area contributed by atoms with Crippen molar-refractivity contribution in [3.63, 3.8) is 0 Å². The SMILES string of the molecule is CCCCCCc1ccsc1-c1sc(-c2sccc2CCCCCC)c(-c2sccc2CCCCCC)c1CCCCCC. The van der Waals surface area contributed by atoms with E-state index in [0.29, 0.717) is 0 Å². The van der Waals surface area contributed by atoms with Crippen LogP contribution in [-0.2, 0) is 25.7 Å². The fourth-order valence-electron chi connectivity index (χ4n) is 6.46. The molecule has 0 saturated carbocycles. The van der Waals surface area contributed by atoms with Crippen LogP contribution >= 0.6 is 45.3 Å². The van der Waals surface area contributed by atoms with Crippen LogP contribution in [0.5, 0.6) is 0 Å². The van der Waals surface area contributed by atoms with Crippen LogP contribution in [-0.4, -0.2) is 0 Å². The Labute approximate surface area is 286 Å². The van der Waals surface area contributed by atoms with Crippen LogP contribution in [0.2, 0.25) is 0 Å². The number of hydrogen-bond acceptors (Lipinski definition) is 4. The van der Waals surface area contributed by atoms with Gasteiger partial charge in [0.2, 0.25) is 0 Å². The average Bonchev–Trinajstić information content (AvgIpc) is 3.84. The Morgan fingerprint density at radius 1 is 0.386 bits per heavy atom. The number of unbranched alkanes of at least 4 members (excludes halogenated alkanes) is 12. The van der Waals surface area contributed by atoms with E-state index in [1.807, 2.05) is 34.0 Å². The smallest absolute Gasteiger partial charge is 0.0541 e. The third kappa shape index (κ3) is 9.90. The predicted molar refractivity (Wildman–Crippen MR) is 206 cm³/mol. The molecule has 0 aromatic carbocycles. The molecule has 4 rings (SSSR count). The van der Waals surface area contributed by atoms with Crippen molar-refractivity contribution in [3.05, 3.63) is 56.6 Å². The van der Waals surface area contributed by atoms with Crippen molar-refractivity contribution in [2.24, 2.45) is 0 Å². The average molecular weight is 667 g/mol. The summed E-state index contributed by atoms with van der Waals surface area (Å²) in [7, 11) is 0. The van der Waals surface area contributed by atoms with Crippen molar-refractivity contribution in [3.8, 4) is 29.9 Å². The van der Waals surface area contributed by atoms with E-state index in [1.165, 1.54) is 128 Å². The van der Waals surface area contributed by atoms with Gasteiger partial charge in [0, 0.05) is 25.1 Å². The van der Waals surface area contributed by atoms with Crippen LogP contribution < -0.4 is 0 Å². The second-order valence-corrected chi connectivity index (χ2v) is 16.5. The van der Waals surface area contributed by atoms with E-state index in [1.54, 1.807) is 52.2 Å². The fourth-order valence-corrected chi connectivity index (χ4v) is 11.2. The summed E-state index contributed by atoms with van der Waals surface area (Å²) in [5, 5.41) is 7.13. The van der Waals surface area contributed by atoms with E-state index in [4.69, 9.17) is 0 Å². The molecule has 0 atom stereocenters. The minimum Gasteiger partial charge on any atom is -0.143 e. The summed E-state index contributed by atoms with van der Waals surface area (Å²) in [5.74, 6) is 0. The number of aryl methyl sites for hydroxylation is 3. The van der Waals surface area contributed by atoms with E-state index in [2.05, 4.69) is 73.4 Å². The zero-order chi connectivity index (χ0) is 31.0. The minimum absolute atomic E-state index is 1.21. The van der Waals surface area contributed by atoms with Gasteiger partial charge in [0.15, 0.2) is 0 Å². The summed E-state index contributed by atoms with van der Waals surface area (Å²) in [4.78, 5) is 7.90. The van der Waals surface area contributed by atoms with Gasteiger partial charge < -0.3 is 0 Å². The highest BCUT2D eigenvalue weighted by molar-refractivity contribution is 7.27. The van der Waals surface area contributed by atoms with Gasteiger partial charge in [-0.2, -0.15) is 0 Å². The summed E-state index contributed by atoms with van der Waals surface area (Å²) in [6.07, 6.45) is 26.1. The molecule has 0 fully saturated rings. The third-order valence-corrected chi connectivity index (χ3v) is 13.5. The standard InChI is InChI=1S/C40H58S4/c1-5-9-13-17-21-31-25-28-41-36(31)35-34(24-20-16-12-8-4)39(37-32(26-29-42-37)22-18-14-10-6-2)44-40(35)38-33(27-30-43-38)23-19-15-11-7-3/h25-30H,5-24H2,1-4H3. The van der Waals surface area contributed by atoms with E-state index in [-0.39, 0.29) is 0 Å². The Morgan fingerprint density at radius 3 is 1.23 bits per heavy atom. The summed E-state index contributed by atoms with van der Waals surface area (Å²) < 4.78 is 0. The molecule has 0 radical (unpaired) electrons. The first-order chi connectivity index (χ1) is 21.7. The van der Waals surface area contributed by atoms with Gasteiger partial charge in [-0.15, -0.1) is 45.3 Å². The Bertz CT molecular complexity index is 1330. The van der Waals surface area contributed by atoms with Crippen LogP contribution in [0.3, 0.4) is 0 Å². The first kappa shape index (κ1) is 35.7. The number of hydrogen-bond donors (Lipinski definition) is 0. The number of thiophene rings is 4. The van der Waals surface area contributed by atoms with Gasteiger partial charge in [0.1, 0.15) is 0 Å². The molecule has 4 heteroatoms. The highest BCUT2D eigenvalue weighted by Crippen LogP contribution is 2.53. The van der Waals surface area contributed by atoms with Gasteiger partial charge in [0.05, 0.1) is 4.88 Å². The summed E-state index contributed by atoms with van der Waals surface area (Å²) in [5.41, 5.74) is 8.06. The van der Waals surface area contributed by atoms with Gasteiger partial charge in [-0.1, -0.05) is 105 Å². The zero-order valence-corrected chi connectivity index (χ0v) is 31.5. The molecule has 0 aliphatic carbocycles. The molecule has 0 nitrogen and oxygen atoms in total. The molecule has 0 N–H and O–H groups in total. The van der Waals surface area contributed by atoms with E-state index in [0.717, 1.165) is 0 Å². The molecule has 0 saturated heterocycles. The Kier molecular flexibility index (Phi) is 16.3. The Balaban J connectivity index is 1.82. The highest BCUT2D eigenvalue weighted by atomic mass is 32.1. The van der Waals surface area contributed by atoms with E-state index < -0.39 is 0 Å². The first-order valence-corrected chi connectivity index (χ1v) is 21.5. The number of rotatable bonds is 23. The van der Waals surface area contributed by atoms with Crippen molar-refractivity contribution < 1.29 is 0 Å². The zero-order valence-electron chi connectivity index (χ0n) is 28.2. The van der Waals surface area contributed by atoms with Gasteiger partial charge >= 0.3 is 0 Å². The molecular weight excluding hydrogens is 609 g/mol. The molecule has 4 heterocycles. The maximum atomic E-state index is 2.46. The molecule has 242 valence electrons. The molecule has 0 aliphatic rings. The summed E-state index contributed by atoms with van der Waals surface area (Å²) in [6, 6.07) is 7.35. The lowest BCUT2D eigenvalue weighted by molar-refractivity contribution is 0.666. The van der Waals surface area contributed by atoms with Crippen LogP contribution in [0, 0.1) is 0 Å². The maximum absolute atomic E-state index is 2.46. The van der Waals surface area contributed by atoms with Gasteiger partial charge in [0.25, 0.3) is 0 Å². The largest absolute Gasteiger partial charge is 0.143 e. The monoisotopic (exact) mass is 666 g/mol. The lowest BCUT2D eigenvalue weighted by Crippen LogP contribution is -1.94. The fraction of sp³-hybridized carbons (Fsp3) is 0.600. The molecule has 0 aliphatic heterocycles. The Morgan fingerprint density at radius 2 is 0.773 bits per heavy atom. The van der Waals surface area contributed by atoms with Crippen LogP contribution in [0.25, 0.3) is 29.9 Å². The van der Waals surface area contributed by atoms with Crippen molar-refractivity contribution in [2.45, 2.75) is 156 Å². The van der Waals surface area contributed by atoms with Crippen LogP contribution in [0.15, 0.2) is 34.3 Å². The maximum Gasteiger partial charge on any atom is 0.0541 e. The quantitative estimate of drug-likeness (QED) is 0.0691. The molecule has 0 spiro atoms. The molecule has 0 bridgehead atoms. The third-order valence-electron chi connectivity index (χ3n) is 9.07. The van der Waals surface area contributed by atoms with Gasteiger partial charge in [-0.25, -0.2) is 0 Å².